The Bertz CT molecular complexity index is 187. The maximum absolute atomic E-state index is 5.50. The van der Waals surface area contributed by atoms with Crippen LogP contribution in [0.25, 0.3) is 0 Å². The van der Waals surface area contributed by atoms with E-state index in [-0.39, 0.29) is 0 Å². The molecular weight excluding hydrogens is 152 g/mol. The van der Waals surface area contributed by atoms with Crippen LogP contribution in [0.15, 0.2) is 4.99 Å². The Balaban J connectivity index is 1.78. The Morgan fingerprint density at radius 1 is 1.50 bits per heavy atom. The Hall–Kier alpha value is -0.570. The molecule has 3 heteroatoms. The van der Waals surface area contributed by atoms with E-state index in [0.29, 0.717) is 12.0 Å². The van der Waals surface area contributed by atoms with Crippen molar-refractivity contribution < 1.29 is 4.74 Å². The second kappa shape index (κ2) is 3.44. The van der Waals surface area contributed by atoms with Crippen molar-refractivity contribution >= 4 is 5.90 Å². The van der Waals surface area contributed by atoms with Gasteiger partial charge in [-0.2, -0.15) is 0 Å². The fourth-order valence-electron chi connectivity index (χ4n) is 1.49. The van der Waals surface area contributed by atoms with Gasteiger partial charge in [-0.25, -0.2) is 4.99 Å². The third kappa shape index (κ3) is 1.78. The highest BCUT2D eigenvalue weighted by atomic mass is 16.5. The molecule has 2 N–H and O–H groups in total. The van der Waals surface area contributed by atoms with Crippen LogP contribution >= 0.6 is 0 Å². The molecule has 1 atom stereocenters. The summed E-state index contributed by atoms with van der Waals surface area (Å²) in [7, 11) is 0. The number of ether oxygens (including phenoxy) is 1. The molecule has 0 aromatic rings. The molecule has 1 fully saturated rings. The summed E-state index contributed by atoms with van der Waals surface area (Å²) in [4.78, 5) is 4.53. The Morgan fingerprint density at radius 2 is 2.33 bits per heavy atom. The summed E-state index contributed by atoms with van der Waals surface area (Å²) in [6.45, 7) is 1.57. The minimum absolute atomic E-state index is 0.407. The number of nitrogens with zero attached hydrogens (tertiary/aromatic N) is 1. The van der Waals surface area contributed by atoms with E-state index in [1.54, 1.807) is 0 Å². The molecule has 1 saturated carbocycles. The van der Waals surface area contributed by atoms with Gasteiger partial charge in [-0.05, 0) is 32.2 Å². The Labute approximate surface area is 73.0 Å². The molecule has 0 spiro atoms. The normalized spacial score (nSPS) is 28.4. The molecule has 12 heavy (non-hydrogen) atoms. The molecule has 0 amide bonds. The van der Waals surface area contributed by atoms with E-state index in [1.807, 2.05) is 0 Å². The highest BCUT2D eigenvalue weighted by Crippen LogP contribution is 2.33. The molecular formula is C9H16N2O. The van der Waals surface area contributed by atoms with Crippen LogP contribution in [0.5, 0.6) is 0 Å². The maximum Gasteiger partial charge on any atom is 0.186 e. The first-order valence-corrected chi connectivity index (χ1v) is 4.80. The van der Waals surface area contributed by atoms with Crippen LogP contribution in [0.2, 0.25) is 0 Å². The summed E-state index contributed by atoms with van der Waals surface area (Å²) in [5.74, 6) is 1.70. The molecule has 2 aliphatic rings. The lowest BCUT2D eigenvalue weighted by atomic mass is 10.2. The van der Waals surface area contributed by atoms with Gasteiger partial charge in [0, 0.05) is 5.92 Å². The van der Waals surface area contributed by atoms with Crippen molar-refractivity contribution in [2.24, 2.45) is 16.6 Å². The first kappa shape index (κ1) is 8.05. The van der Waals surface area contributed by atoms with Gasteiger partial charge in [-0.15, -0.1) is 0 Å². The van der Waals surface area contributed by atoms with Gasteiger partial charge in [0.2, 0.25) is 0 Å². The van der Waals surface area contributed by atoms with Gasteiger partial charge < -0.3 is 10.5 Å². The van der Waals surface area contributed by atoms with E-state index < -0.39 is 0 Å². The summed E-state index contributed by atoms with van der Waals surface area (Å²) < 4.78 is 5.50. The maximum atomic E-state index is 5.50. The molecule has 2 rings (SSSR count). The van der Waals surface area contributed by atoms with Gasteiger partial charge in [-0.1, -0.05) is 0 Å². The van der Waals surface area contributed by atoms with Crippen LogP contribution in [0, 0.1) is 5.92 Å². The predicted molar refractivity (Wildman–Crippen MR) is 48.2 cm³/mol. The molecule has 1 aliphatic carbocycles. The second-order valence-electron chi connectivity index (χ2n) is 3.64. The van der Waals surface area contributed by atoms with Gasteiger partial charge >= 0.3 is 0 Å². The lowest BCUT2D eigenvalue weighted by molar-refractivity contribution is 0.301. The summed E-state index contributed by atoms with van der Waals surface area (Å²) in [6, 6.07) is 0.407. The van der Waals surface area contributed by atoms with Gasteiger partial charge in [0.1, 0.15) is 6.61 Å². The zero-order chi connectivity index (χ0) is 8.39. The highest BCUT2D eigenvalue weighted by molar-refractivity contribution is 5.82. The SMILES string of the molecule is NCCCC1COC(C2CC2)=N1. The molecule has 1 unspecified atom stereocenters. The molecule has 0 radical (unpaired) electrons. The smallest absolute Gasteiger partial charge is 0.186 e. The molecule has 1 heterocycles. The van der Waals surface area contributed by atoms with E-state index in [1.165, 1.54) is 12.8 Å². The van der Waals surface area contributed by atoms with Gasteiger partial charge in [0.25, 0.3) is 0 Å². The average Bonchev–Trinajstić information content (AvgIpc) is 2.83. The first-order valence-electron chi connectivity index (χ1n) is 4.80. The van der Waals surface area contributed by atoms with Crippen molar-refractivity contribution in [1.29, 1.82) is 0 Å². The third-order valence-corrected chi connectivity index (χ3v) is 2.40. The molecule has 0 aromatic carbocycles. The van der Waals surface area contributed by atoms with Crippen LogP contribution in [0.1, 0.15) is 25.7 Å². The summed E-state index contributed by atoms with van der Waals surface area (Å²) in [5, 5.41) is 0. The van der Waals surface area contributed by atoms with Gasteiger partial charge in [0.15, 0.2) is 5.90 Å². The van der Waals surface area contributed by atoms with Crippen LogP contribution < -0.4 is 5.73 Å². The second-order valence-corrected chi connectivity index (χ2v) is 3.64. The molecule has 68 valence electrons. The standard InChI is InChI=1S/C9H16N2O/c10-5-1-2-8-6-12-9(11-8)7-3-4-7/h7-8H,1-6,10H2. The van der Waals surface area contributed by atoms with Crippen molar-refractivity contribution in [3.8, 4) is 0 Å². The number of hydrogen-bond acceptors (Lipinski definition) is 3. The fourth-order valence-corrected chi connectivity index (χ4v) is 1.49. The molecule has 0 aromatic heterocycles. The van der Waals surface area contributed by atoms with Gasteiger partial charge in [0.05, 0.1) is 6.04 Å². The average molecular weight is 168 g/mol. The van der Waals surface area contributed by atoms with E-state index in [0.717, 1.165) is 31.9 Å². The quantitative estimate of drug-likeness (QED) is 0.679. The van der Waals surface area contributed by atoms with E-state index in [4.69, 9.17) is 10.5 Å². The zero-order valence-corrected chi connectivity index (χ0v) is 7.33. The Kier molecular flexibility index (Phi) is 2.30. The minimum Gasteiger partial charge on any atom is -0.478 e. The zero-order valence-electron chi connectivity index (χ0n) is 7.33. The first-order chi connectivity index (χ1) is 5.90. The van der Waals surface area contributed by atoms with Crippen molar-refractivity contribution in [2.75, 3.05) is 13.2 Å². The van der Waals surface area contributed by atoms with Crippen molar-refractivity contribution in [3.63, 3.8) is 0 Å². The van der Waals surface area contributed by atoms with Gasteiger partial charge in [-0.3, -0.25) is 0 Å². The monoisotopic (exact) mass is 168 g/mol. The van der Waals surface area contributed by atoms with Crippen molar-refractivity contribution in [3.05, 3.63) is 0 Å². The summed E-state index contributed by atoms with van der Waals surface area (Å²) >= 11 is 0. The molecule has 3 nitrogen and oxygen atoms in total. The number of nitrogens with two attached hydrogens (primary N) is 1. The highest BCUT2D eigenvalue weighted by Gasteiger charge is 2.33. The topological polar surface area (TPSA) is 47.6 Å². The molecule has 0 saturated heterocycles. The third-order valence-electron chi connectivity index (χ3n) is 2.40. The van der Waals surface area contributed by atoms with E-state index >= 15 is 0 Å². The van der Waals surface area contributed by atoms with E-state index in [9.17, 15) is 0 Å². The number of aliphatic imine (C=N–C) groups is 1. The lowest BCUT2D eigenvalue weighted by Gasteiger charge is -2.01. The number of hydrogen-bond donors (Lipinski definition) is 1. The van der Waals surface area contributed by atoms with Crippen LogP contribution in [-0.2, 0) is 4.74 Å². The van der Waals surface area contributed by atoms with Crippen LogP contribution in [0.3, 0.4) is 0 Å². The fraction of sp³-hybridized carbons (Fsp3) is 0.889. The molecule has 1 aliphatic heterocycles. The van der Waals surface area contributed by atoms with E-state index in [2.05, 4.69) is 4.99 Å². The summed E-state index contributed by atoms with van der Waals surface area (Å²) in [5.41, 5.74) is 5.42. The lowest BCUT2D eigenvalue weighted by Crippen LogP contribution is -2.09. The van der Waals surface area contributed by atoms with Crippen LogP contribution in [-0.4, -0.2) is 25.1 Å². The molecule has 0 bridgehead atoms. The van der Waals surface area contributed by atoms with Crippen molar-refractivity contribution in [2.45, 2.75) is 31.7 Å². The minimum atomic E-state index is 0.407. The summed E-state index contributed by atoms with van der Waals surface area (Å²) in [6.07, 6.45) is 4.72. The Morgan fingerprint density at radius 3 is 3.00 bits per heavy atom. The largest absolute Gasteiger partial charge is 0.478 e. The number of rotatable bonds is 4. The van der Waals surface area contributed by atoms with Crippen molar-refractivity contribution in [1.82, 2.24) is 0 Å². The van der Waals surface area contributed by atoms with Crippen LogP contribution in [0.4, 0.5) is 0 Å². The predicted octanol–water partition coefficient (Wildman–Crippen LogP) is 0.933.